The Morgan fingerprint density at radius 1 is 0.974 bits per heavy atom. The molecule has 9 heteroatoms. The molecule has 1 amide bonds. The van der Waals surface area contributed by atoms with Crippen molar-refractivity contribution in [2.24, 2.45) is 0 Å². The van der Waals surface area contributed by atoms with Crippen LogP contribution in [0.25, 0.3) is 33.4 Å². The van der Waals surface area contributed by atoms with Crippen LogP contribution >= 0.6 is 31.0 Å². The number of piperidine rings is 1. The number of hydrogen-bond donors (Lipinski definition) is 2. The van der Waals surface area contributed by atoms with Crippen LogP contribution in [0.5, 0.6) is 0 Å². The summed E-state index contributed by atoms with van der Waals surface area (Å²) in [6.45, 7) is 5.14. The Balaban J connectivity index is 0.00000151. The molecule has 5 aromatic rings. The molecule has 0 aliphatic carbocycles. The fourth-order valence-electron chi connectivity index (χ4n) is 5.05. The third kappa shape index (κ3) is 5.71. The van der Waals surface area contributed by atoms with E-state index < -0.39 is 5.60 Å². The van der Waals surface area contributed by atoms with Crippen molar-refractivity contribution >= 4 is 58.9 Å². The molecule has 0 bridgehead atoms. The Hall–Kier alpha value is -2.89. The first-order valence-corrected chi connectivity index (χ1v) is 16.1. The summed E-state index contributed by atoms with van der Waals surface area (Å²) >= 11 is 1.84. The van der Waals surface area contributed by atoms with Gasteiger partial charge in [0.25, 0.3) is 0 Å². The lowest BCUT2D eigenvalue weighted by Gasteiger charge is -2.36. The molecular formula is C30H30IN3O4S. The largest absolute Gasteiger partial charge is 0.456 e. The van der Waals surface area contributed by atoms with Crippen molar-refractivity contribution in [3.63, 3.8) is 0 Å². The van der Waals surface area contributed by atoms with Gasteiger partial charge in [-0.05, 0) is 68.6 Å². The van der Waals surface area contributed by atoms with Gasteiger partial charge in [-0.1, -0.05) is 50.2 Å². The molecule has 0 spiro atoms. The lowest BCUT2D eigenvalue weighted by atomic mass is 9.91. The number of rotatable bonds is 5. The monoisotopic (exact) mass is 655 g/mol. The van der Waals surface area contributed by atoms with Crippen molar-refractivity contribution in [2.75, 3.05) is 13.1 Å². The van der Waals surface area contributed by atoms with Gasteiger partial charge in [0.15, 0.2) is 0 Å². The molecule has 1 aliphatic heterocycles. The standard InChI is InChI=1S/C30H29N3O4.HIS/c1-19(2)21-8-10-22(11-9-21)28-31-32-29(37-28)30(35)13-15-33(16-14-30)27(34)18-20-7-12-26-24(17-20)23-5-3-4-6-25(23)36-26;1-2/h3-12,17,19,35H,13-16,18H2,1-2H3;2H. The van der Waals surface area contributed by atoms with E-state index in [2.05, 4.69) is 46.0 Å². The van der Waals surface area contributed by atoms with Crippen LogP contribution in [-0.4, -0.2) is 39.2 Å². The highest BCUT2D eigenvalue weighted by molar-refractivity contribution is 14.2. The van der Waals surface area contributed by atoms with Gasteiger partial charge in [-0.15, -0.1) is 20.0 Å². The number of carbonyl (C=O) groups is 1. The molecule has 3 aromatic carbocycles. The summed E-state index contributed by atoms with van der Waals surface area (Å²) in [7, 11) is 3.50. The Morgan fingerprint density at radius 3 is 2.38 bits per heavy atom. The summed E-state index contributed by atoms with van der Waals surface area (Å²) in [4.78, 5) is 14.9. The second-order valence-corrected chi connectivity index (χ2v) is 10.2. The molecule has 1 saturated heterocycles. The third-order valence-corrected chi connectivity index (χ3v) is 7.39. The van der Waals surface area contributed by atoms with Gasteiger partial charge in [0.2, 0.25) is 17.7 Å². The smallest absolute Gasteiger partial charge is 0.248 e. The first-order chi connectivity index (χ1) is 18.9. The molecule has 6 rings (SSSR count). The number of thiol groups is 1. The molecule has 1 fully saturated rings. The van der Waals surface area contributed by atoms with E-state index in [4.69, 9.17) is 8.83 Å². The Morgan fingerprint density at radius 2 is 1.67 bits per heavy atom. The molecule has 0 unspecified atom stereocenters. The minimum atomic E-state index is -1.24. The van der Waals surface area contributed by atoms with Gasteiger partial charge < -0.3 is 18.8 Å². The Kier molecular flexibility index (Phi) is 8.29. The van der Waals surface area contributed by atoms with E-state index in [0.717, 1.165) is 33.1 Å². The predicted molar refractivity (Wildman–Crippen MR) is 164 cm³/mol. The van der Waals surface area contributed by atoms with Crippen LogP contribution < -0.4 is 0 Å². The topological polar surface area (TPSA) is 92.6 Å². The first kappa shape index (κ1) is 27.7. The minimum absolute atomic E-state index is 0.0330. The molecule has 3 heterocycles. The van der Waals surface area contributed by atoms with Gasteiger partial charge in [0.1, 0.15) is 16.8 Å². The van der Waals surface area contributed by atoms with E-state index in [1.165, 1.54) is 5.56 Å². The van der Waals surface area contributed by atoms with Gasteiger partial charge in [-0.2, -0.15) is 0 Å². The lowest BCUT2D eigenvalue weighted by Crippen LogP contribution is -2.45. The minimum Gasteiger partial charge on any atom is -0.456 e. The van der Waals surface area contributed by atoms with E-state index >= 15 is 0 Å². The molecule has 7 nitrogen and oxygen atoms in total. The normalized spacial score (nSPS) is 15.0. The number of furan rings is 1. The number of amides is 1. The summed E-state index contributed by atoms with van der Waals surface area (Å²) in [5.41, 5.74) is 3.41. The van der Waals surface area contributed by atoms with Crippen LogP contribution in [0.2, 0.25) is 0 Å². The fraction of sp³-hybridized carbons (Fsp3) is 0.300. The number of likely N-dealkylation sites (tertiary alicyclic amines) is 1. The van der Waals surface area contributed by atoms with Crippen molar-refractivity contribution in [3.8, 4) is 11.5 Å². The van der Waals surface area contributed by atoms with Crippen molar-refractivity contribution < 1.29 is 18.7 Å². The van der Waals surface area contributed by atoms with Crippen molar-refractivity contribution in [1.29, 1.82) is 0 Å². The molecule has 202 valence electrons. The molecule has 2 aromatic heterocycles. The number of aliphatic hydroxyl groups is 1. The predicted octanol–water partition coefficient (Wildman–Crippen LogP) is 7.08. The second kappa shape index (κ2) is 11.7. The number of halogens is 1. The van der Waals surface area contributed by atoms with Gasteiger partial charge >= 0.3 is 0 Å². The van der Waals surface area contributed by atoms with Crippen LogP contribution in [0, 0.1) is 0 Å². The number of carbonyl (C=O) groups excluding carboxylic acids is 1. The lowest BCUT2D eigenvalue weighted by molar-refractivity contribution is -0.135. The highest BCUT2D eigenvalue weighted by Crippen LogP contribution is 2.34. The van der Waals surface area contributed by atoms with Crippen LogP contribution in [0.15, 0.2) is 75.6 Å². The van der Waals surface area contributed by atoms with E-state index in [-0.39, 0.29) is 11.8 Å². The number of nitrogens with zero attached hydrogens (tertiary/aromatic N) is 3. The van der Waals surface area contributed by atoms with Gasteiger partial charge in [0.05, 0.1) is 6.42 Å². The molecule has 0 saturated carbocycles. The molecule has 0 atom stereocenters. The average Bonchev–Trinajstić information content (AvgIpc) is 3.61. The summed E-state index contributed by atoms with van der Waals surface area (Å²) in [6.07, 6.45) is 0.987. The van der Waals surface area contributed by atoms with Crippen LogP contribution in [0.3, 0.4) is 0 Å². The summed E-state index contributed by atoms with van der Waals surface area (Å²) < 4.78 is 11.8. The van der Waals surface area contributed by atoms with E-state index in [9.17, 15) is 9.90 Å². The maximum Gasteiger partial charge on any atom is 0.248 e. The second-order valence-electron chi connectivity index (χ2n) is 10.2. The van der Waals surface area contributed by atoms with E-state index in [1.807, 2.05) is 75.8 Å². The maximum atomic E-state index is 13.1. The zero-order valence-corrected chi connectivity index (χ0v) is 24.9. The Bertz CT molecular complexity index is 1590. The number of aromatic nitrogens is 2. The SMILES string of the molecule is CC(C)c1ccc(-c2nnc(C3(O)CCN(C(=O)Cc4ccc5oc6ccccc6c5c4)CC3)o2)cc1.SI. The highest BCUT2D eigenvalue weighted by atomic mass is 127. The summed E-state index contributed by atoms with van der Waals surface area (Å²) in [5, 5.41) is 21.6. The van der Waals surface area contributed by atoms with Crippen LogP contribution in [0.4, 0.5) is 0 Å². The number of benzene rings is 3. The highest BCUT2D eigenvalue weighted by Gasteiger charge is 2.40. The fourth-order valence-corrected chi connectivity index (χ4v) is 5.05. The van der Waals surface area contributed by atoms with Gasteiger partial charge in [-0.25, -0.2) is 0 Å². The number of para-hydroxylation sites is 1. The zero-order valence-electron chi connectivity index (χ0n) is 21.8. The molecule has 1 N–H and O–H groups in total. The number of fused-ring (bicyclic) bond motifs is 3. The zero-order chi connectivity index (χ0) is 27.6. The van der Waals surface area contributed by atoms with E-state index in [1.54, 1.807) is 4.90 Å². The molecule has 39 heavy (non-hydrogen) atoms. The van der Waals surface area contributed by atoms with Crippen molar-refractivity contribution in [1.82, 2.24) is 15.1 Å². The Labute approximate surface area is 244 Å². The van der Waals surface area contributed by atoms with Crippen LogP contribution in [0.1, 0.15) is 49.6 Å². The van der Waals surface area contributed by atoms with Gasteiger partial charge in [0, 0.05) is 42.3 Å². The summed E-state index contributed by atoms with van der Waals surface area (Å²) in [5.74, 6) is 1.07. The average molecular weight is 656 g/mol. The first-order valence-electron chi connectivity index (χ1n) is 12.9. The summed E-state index contributed by atoms with van der Waals surface area (Å²) in [6, 6.07) is 21.8. The molecule has 1 aliphatic rings. The van der Waals surface area contributed by atoms with Crippen LogP contribution in [-0.2, 0) is 16.8 Å². The van der Waals surface area contributed by atoms with Crippen molar-refractivity contribution in [2.45, 2.75) is 44.6 Å². The third-order valence-electron chi connectivity index (χ3n) is 7.39. The quantitative estimate of drug-likeness (QED) is 0.155. The maximum absolute atomic E-state index is 13.1. The molecule has 0 radical (unpaired) electrons. The van der Waals surface area contributed by atoms with Crippen molar-refractivity contribution in [3.05, 3.63) is 83.7 Å². The van der Waals surface area contributed by atoms with Gasteiger partial charge in [-0.3, -0.25) is 4.79 Å². The number of hydrogen-bond acceptors (Lipinski definition) is 7. The van der Waals surface area contributed by atoms with E-state index in [0.29, 0.717) is 44.2 Å². The molecular weight excluding hydrogens is 625 g/mol.